The molecular weight excluding hydrogens is 358 g/mol. The van der Waals surface area contributed by atoms with Crippen molar-refractivity contribution < 1.29 is 18.7 Å². The third-order valence-corrected chi connectivity index (χ3v) is 5.26. The second kappa shape index (κ2) is 7.33. The summed E-state index contributed by atoms with van der Waals surface area (Å²) in [4.78, 5) is 26.6. The quantitative estimate of drug-likeness (QED) is 0.598. The van der Waals surface area contributed by atoms with E-state index in [2.05, 4.69) is 11.0 Å². The molecule has 0 saturated carbocycles. The Morgan fingerprint density at radius 2 is 1.96 bits per heavy atom. The van der Waals surface area contributed by atoms with Crippen LogP contribution >= 0.6 is 0 Å². The van der Waals surface area contributed by atoms with Crippen LogP contribution in [0.5, 0.6) is 0 Å². The van der Waals surface area contributed by atoms with Crippen LogP contribution in [0, 0.1) is 0 Å². The molecule has 28 heavy (non-hydrogen) atoms. The van der Waals surface area contributed by atoms with Crippen molar-refractivity contribution in [3.63, 3.8) is 0 Å². The molecule has 1 saturated heterocycles. The van der Waals surface area contributed by atoms with Crippen LogP contribution in [-0.4, -0.2) is 42.3 Å². The zero-order chi connectivity index (χ0) is 19.9. The molecule has 1 aliphatic carbocycles. The molecule has 1 atom stereocenters. The van der Waals surface area contributed by atoms with Crippen LogP contribution in [0.15, 0.2) is 27.4 Å². The molecule has 1 aliphatic heterocycles. The first-order chi connectivity index (χ1) is 13.3. The predicted molar refractivity (Wildman–Crippen MR) is 105 cm³/mol. The van der Waals surface area contributed by atoms with Gasteiger partial charge in [0.25, 0.3) is 0 Å². The van der Waals surface area contributed by atoms with Crippen molar-refractivity contribution in [1.82, 2.24) is 4.90 Å². The normalized spacial score (nSPS) is 20.3. The Morgan fingerprint density at radius 1 is 1.21 bits per heavy atom. The van der Waals surface area contributed by atoms with Gasteiger partial charge in [-0.3, -0.25) is 4.90 Å². The van der Waals surface area contributed by atoms with E-state index in [4.69, 9.17) is 13.9 Å². The molecule has 2 heterocycles. The second-order valence-electron chi connectivity index (χ2n) is 8.69. The van der Waals surface area contributed by atoms with Crippen LogP contribution in [0.2, 0.25) is 0 Å². The number of carbonyl (C=O) groups is 1. The Kier molecular flexibility index (Phi) is 5.02. The molecule has 0 spiro atoms. The van der Waals surface area contributed by atoms with Gasteiger partial charge in [-0.2, -0.15) is 0 Å². The number of hydrogen-bond donors (Lipinski definition) is 0. The van der Waals surface area contributed by atoms with Crippen molar-refractivity contribution in [2.75, 3.05) is 19.7 Å². The molecule has 0 N–H and O–H groups in total. The highest BCUT2D eigenvalue weighted by atomic mass is 16.6. The Morgan fingerprint density at radius 3 is 2.71 bits per heavy atom. The van der Waals surface area contributed by atoms with Crippen molar-refractivity contribution in [2.45, 2.75) is 58.3 Å². The molecule has 150 valence electrons. The predicted octanol–water partition coefficient (Wildman–Crippen LogP) is 2.82. The van der Waals surface area contributed by atoms with Crippen molar-refractivity contribution in [1.29, 1.82) is 0 Å². The van der Waals surface area contributed by atoms with Gasteiger partial charge in [0.1, 0.15) is 11.2 Å². The molecule has 0 bridgehead atoms. The summed E-state index contributed by atoms with van der Waals surface area (Å²) in [7, 11) is 0. The number of rotatable bonds is 3. The van der Waals surface area contributed by atoms with Gasteiger partial charge >= 0.3 is 11.6 Å². The van der Waals surface area contributed by atoms with Crippen LogP contribution < -0.4 is 5.63 Å². The Bertz CT molecular complexity index is 956. The van der Waals surface area contributed by atoms with Gasteiger partial charge in [0.2, 0.25) is 0 Å². The lowest BCUT2D eigenvalue weighted by molar-refractivity contribution is -0.174. The first kappa shape index (κ1) is 19.2. The zero-order valence-corrected chi connectivity index (χ0v) is 16.7. The van der Waals surface area contributed by atoms with Gasteiger partial charge < -0.3 is 13.9 Å². The molecule has 2 aliphatic rings. The number of morpholine rings is 1. The maximum absolute atomic E-state index is 12.4. The first-order valence-electron chi connectivity index (χ1n) is 9.94. The van der Waals surface area contributed by atoms with Gasteiger partial charge in [0.15, 0.2) is 6.10 Å². The standard InChI is InChI=1S/C22H27NO5/c1-22(2,3)28-21(25)19-13-23(7-8-26-19)12-16-11-20(24)27-18-10-15-6-4-5-14(15)9-17(16)18/h9-11,19H,4-8,12-13H2,1-3H3/t19-/m1/s1. The topological polar surface area (TPSA) is 69.0 Å². The fraction of sp³-hybridized carbons (Fsp3) is 0.545. The molecule has 1 aromatic heterocycles. The van der Waals surface area contributed by atoms with E-state index in [1.165, 1.54) is 11.1 Å². The molecule has 1 aromatic carbocycles. The SMILES string of the molecule is CC(C)(C)OC(=O)[C@H]1CN(Cc2cc(=O)oc3cc4c(cc23)CCC4)CCO1. The summed E-state index contributed by atoms with van der Waals surface area (Å²) < 4.78 is 16.5. The van der Waals surface area contributed by atoms with Crippen molar-refractivity contribution in [3.05, 3.63) is 45.3 Å². The summed E-state index contributed by atoms with van der Waals surface area (Å²) in [5.41, 5.74) is 3.33. The fourth-order valence-electron chi connectivity index (χ4n) is 4.02. The van der Waals surface area contributed by atoms with E-state index in [1.807, 2.05) is 26.8 Å². The number of nitrogens with zero attached hydrogens (tertiary/aromatic N) is 1. The Labute approximate surface area is 164 Å². The molecule has 1 fully saturated rings. The summed E-state index contributed by atoms with van der Waals surface area (Å²) >= 11 is 0. The monoisotopic (exact) mass is 385 g/mol. The van der Waals surface area contributed by atoms with Crippen molar-refractivity contribution in [3.8, 4) is 0 Å². The van der Waals surface area contributed by atoms with Gasteiger partial charge in [-0.1, -0.05) is 0 Å². The highest BCUT2D eigenvalue weighted by Gasteiger charge is 2.31. The van der Waals surface area contributed by atoms with Gasteiger partial charge in [-0.25, -0.2) is 9.59 Å². The van der Waals surface area contributed by atoms with E-state index >= 15 is 0 Å². The minimum Gasteiger partial charge on any atom is -0.458 e. The van der Waals surface area contributed by atoms with E-state index in [0.717, 1.165) is 30.2 Å². The average Bonchev–Trinajstić information content (AvgIpc) is 3.06. The number of benzene rings is 1. The molecular formula is C22H27NO5. The van der Waals surface area contributed by atoms with Crippen LogP contribution in [0.3, 0.4) is 0 Å². The molecule has 4 rings (SSSR count). The fourth-order valence-corrected chi connectivity index (χ4v) is 4.02. The van der Waals surface area contributed by atoms with E-state index in [9.17, 15) is 9.59 Å². The lowest BCUT2D eigenvalue weighted by Crippen LogP contribution is -2.47. The maximum atomic E-state index is 12.4. The first-order valence-corrected chi connectivity index (χ1v) is 9.94. The number of aryl methyl sites for hydroxylation is 2. The van der Waals surface area contributed by atoms with Gasteiger partial charge in [0.05, 0.1) is 6.61 Å². The smallest absolute Gasteiger partial charge is 0.337 e. The summed E-state index contributed by atoms with van der Waals surface area (Å²) in [5.74, 6) is -0.340. The summed E-state index contributed by atoms with van der Waals surface area (Å²) in [6.07, 6.45) is 2.65. The lowest BCUT2D eigenvalue weighted by atomic mass is 10.0. The van der Waals surface area contributed by atoms with Crippen LogP contribution in [0.1, 0.15) is 43.9 Å². The number of fused-ring (bicyclic) bond motifs is 2. The van der Waals surface area contributed by atoms with Crippen LogP contribution in [0.25, 0.3) is 11.0 Å². The van der Waals surface area contributed by atoms with E-state index in [-0.39, 0.29) is 11.6 Å². The van der Waals surface area contributed by atoms with Crippen molar-refractivity contribution >= 4 is 16.9 Å². The molecule has 6 heteroatoms. The second-order valence-corrected chi connectivity index (χ2v) is 8.69. The van der Waals surface area contributed by atoms with Crippen LogP contribution in [0.4, 0.5) is 0 Å². The minimum absolute atomic E-state index is 0.336. The molecule has 2 aromatic rings. The summed E-state index contributed by atoms with van der Waals surface area (Å²) in [6, 6.07) is 5.76. The average molecular weight is 385 g/mol. The molecule has 0 unspecified atom stereocenters. The highest BCUT2D eigenvalue weighted by Crippen LogP contribution is 2.29. The summed E-state index contributed by atoms with van der Waals surface area (Å²) in [6.45, 7) is 7.72. The minimum atomic E-state index is -0.608. The van der Waals surface area contributed by atoms with E-state index in [0.29, 0.717) is 31.8 Å². The number of hydrogen-bond acceptors (Lipinski definition) is 6. The maximum Gasteiger partial charge on any atom is 0.337 e. The lowest BCUT2D eigenvalue weighted by Gasteiger charge is -2.33. The van der Waals surface area contributed by atoms with Crippen LogP contribution in [-0.2, 0) is 33.7 Å². The Hall–Kier alpha value is -2.18. The third kappa shape index (κ3) is 4.13. The molecule has 0 radical (unpaired) electrons. The number of ether oxygens (including phenoxy) is 2. The number of carbonyl (C=O) groups excluding carboxylic acids is 1. The summed E-state index contributed by atoms with van der Waals surface area (Å²) in [5, 5.41) is 0.987. The Balaban J connectivity index is 1.56. The zero-order valence-electron chi connectivity index (χ0n) is 16.7. The largest absolute Gasteiger partial charge is 0.458 e. The van der Waals surface area contributed by atoms with E-state index in [1.54, 1.807) is 6.07 Å². The number of esters is 1. The van der Waals surface area contributed by atoms with E-state index < -0.39 is 11.7 Å². The molecule has 0 amide bonds. The third-order valence-electron chi connectivity index (χ3n) is 5.26. The highest BCUT2D eigenvalue weighted by molar-refractivity contribution is 5.82. The van der Waals surface area contributed by atoms with Gasteiger partial charge in [-0.15, -0.1) is 0 Å². The van der Waals surface area contributed by atoms with Gasteiger partial charge in [-0.05, 0) is 68.9 Å². The molecule has 6 nitrogen and oxygen atoms in total. The van der Waals surface area contributed by atoms with Gasteiger partial charge in [0, 0.05) is 31.1 Å². The van der Waals surface area contributed by atoms with Crippen molar-refractivity contribution in [2.24, 2.45) is 0 Å².